The first-order valence-electron chi connectivity index (χ1n) is 6.29. The van der Waals surface area contributed by atoms with Gasteiger partial charge in [0.1, 0.15) is 5.69 Å². The Hall–Kier alpha value is -1.75. The zero-order valence-corrected chi connectivity index (χ0v) is 10.5. The minimum absolute atomic E-state index is 0.587. The van der Waals surface area contributed by atoms with Crippen LogP contribution in [-0.2, 0) is 19.9 Å². The van der Waals surface area contributed by atoms with Gasteiger partial charge in [-0.2, -0.15) is 0 Å². The van der Waals surface area contributed by atoms with Crippen molar-refractivity contribution < 1.29 is 0 Å². The lowest BCUT2D eigenvalue weighted by molar-refractivity contribution is 0.462. The molecule has 3 rings (SSSR count). The minimum atomic E-state index is 0.587. The van der Waals surface area contributed by atoms with Crippen LogP contribution in [0.4, 0.5) is 0 Å². The highest BCUT2D eigenvalue weighted by Crippen LogP contribution is 2.25. The Morgan fingerprint density at radius 2 is 2.33 bits per heavy atom. The van der Waals surface area contributed by atoms with Crippen LogP contribution in [0, 0.1) is 5.92 Å². The summed E-state index contributed by atoms with van der Waals surface area (Å²) in [6.45, 7) is 0.753. The number of aryl methyl sites for hydroxylation is 2. The normalized spacial score (nSPS) is 18.7. The number of nitrogens with zero attached hydrogens (tertiary/aromatic N) is 4. The highest BCUT2D eigenvalue weighted by Gasteiger charge is 2.20. The van der Waals surface area contributed by atoms with Crippen molar-refractivity contribution in [2.24, 2.45) is 18.7 Å². The first-order valence-corrected chi connectivity index (χ1v) is 6.29. The number of hydrogen-bond donors (Lipinski definition) is 1. The second-order valence-electron chi connectivity index (χ2n) is 4.90. The highest BCUT2D eigenvalue weighted by atomic mass is 15.1. The fourth-order valence-electron chi connectivity index (χ4n) is 2.48. The molecular weight excluding hydrogens is 226 g/mol. The van der Waals surface area contributed by atoms with Gasteiger partial charge in [0.25, 0.3) is 0 Å². The van der Waals surface area contributed by atoms with Crippen molar-refractivity contribution >= 4 is 0 Å². The molecular formula is C13H17N5. The Morgan fingerprint density at radius 3 is 3.06 bits per heavy atom. The molecule has 0 radical (unpaired) electrons. The Kier molecular flexibility index (Phi) is 2.83. The lowest BCUT2D eigenvalue weighted by Crippen LogP contribution is -2.23. The van der Waals surface area contributed by atoms with Gasteiger partial charge in [-0.1, -0.05) is 0 Å². The van der Waals surface area contributed by atoms with E-state index in [9.17, 15) is 0 Å². The van der Waals surface area contributed by atoms with E-state index in [0.717, 1.165) is 37.3 Å². The third-order valence-corrected chi connectivity index (χ3v) is 3.63. The molecule has 0 saturated heterocycles. The van der Waals surface area contributed by atoms with Crippen LogP contribution in [0.5, 0.6) is 0 Å². The molecule has 5 heteroatoms. The molecule has 0 bridgehead atoms. The van der Waals surface area contributed by atoms with Gasteiger partial charge in [-0.15, -0.1) is 0 Å². The maximum atomic E-state index is 5.73. The molecule has 1 aliphatic carbocycles. The van der Waals surface area contributed by atoms with Crippen LogP contribution in [0.15, 0.2) is 18.7 Å². The predicted octanol–water partition coefficient (Wildman–Crippen LogP) is 0.941. The maximum Gasteiger partial charge on any atom is 0.178 e. The van der Waals surface area contributed by atoms with E-state index < -0.39 is 0 Å². The zero-order chi connectivity index (χ0) is 12.5. The second kappa shape index (κ2) is 4.49. The Morgan fingerprint density at radius 1 is 1.44 bits per heavy atom. The Balaban J connectivity index is 1.95. The minimum Gasteiger partial charge on any atom is -0.331 e. The third-order valence-electron chi connectivity index (χ3n) is 3.63. The summed E-state index contributed by atoms with van der Waals surface area (Å²) in [7, 11) is 1.95. The van der Waals surface area contributed by atoms with Crippen molar-refractivity contribution in [1.29, 1.82) is 0 Å². The van der Waals surface area contributed by atoms with Crippen LogP contribution in [0.3, 0.4) is 0 Å². The fourth-order valence-corrected chi connectivity index (χ4v) is 2.48. The molecule has 2 aromatic rings. The lowest BCUT2D eigenvalue weighted by Gasteiger charge is -2.22. The van der Waals surface area contributed by atoms with E-state index in [1.165, 1.54) is 11.3 Å². The van der Waals surface area contributed by atoms with Gasteiger partial charge in [0, 0.05) is 18.9 Å². The molecule has 0 aromatic carbocycles. The molecule has 2 heterocycles. The molecule has 2 aromatic heterocycles. The van der Waals surface area contributed by atoms with E-state index in [4.69, 9.17) is 5.73 Å². The van der Waals surface area contributed by atoms with Gasteiger partial charge in [-0.3, -0.25) is 0 Å². The van der Waals surface area contributed by atoms with Crippen LogP contribution >= 0.6 is 0 Å². The summed E-state index contributed by atoms with van der Waals surface area (Å²) in [5.41, 5.74) is 9.12. The fraction of sp³-hybridized carbons (Fsp3) is 0.462. The number of fused-ring (bicyclic) bond motifs is 1. The van der Waals surface area contributed by atoms with Crippen LogP contribution in [-0.4, -0.2) is 26.1 Å². The molecule has 2 N–H and O–H groups in total. The topological polar surface area (TPSA) is 69.6 Å². The molecule has 94 valence electrons. The number of hydrogen-bond acceptors (Lipinski definition) is 4. The smallest absolute Gasteiger partial charge is 0.178 e. The Labute approximate surface area is 106 Å². The van der Waals surface area contributed by atoms with Crippen LogP contribution in [0.1, 0.15) is 17.7 Å². The molecule has 0 fully saturated rings. The number of rotatable bonds is 2. The van der Waals surface area contributed by atoms with E-state index in [1.54, 1.807) is 12.5 Å². The van der Waals surface area contributed by atoms with E-state index in [-0.39, 0.29) is 0 Å². The van der Waals surface area contributed by atoms with Gasteiger partial charge >= 0.3 is 0 Å². The number of nitrogens with two attached hydrogens (primary N) is 1. The molecule has 0 amide bonds. The van der Waals surface area contributed by atoms with Gasteiger partial charge in [0.15, 0.2) is 5.82 Å². The van der Waals surface area contributed by atoms with Gasteiger partial charge in [-0.05, 0) is 37.3 Å². The van der Waals surface area contributed by atoms with Crippen molar-refractivity contribution in [1.82, 2.24) is 19.5 Å². The molecule has 1 aliphatic rings. The number of aromatic nitrogens is 4. The largest absolute Gasteiger partial charge is 0.331 e. The van der Waals surface area contributed by atoms with Crippen molar-refractivity contribution in [2.75, 3.05) is 6.54 Å². The van der Waals surface area contributed by atoms with Crippen LogP contribution in [0.2, 0.25) is 0 Å². The highest BCUT2D eigenvalue weighted by molar-refractivity contribution is 5.49. The molecule has 0 aliphatic heterocycles. The second-order valence-corrected chi connectivity index (χ2v) is 4.90. The summed E-state index contributed by atoms with van der Waals surface area (Å²) in [6.07, 6.45) is 8.66. The summed E-state index contributed by atoms with van der Waals surface area (Å²) >= 11 is 0. The molecule has 1 unspecified atom stereocenters. The molecule has 18 heavy (non-hydrogen) atoms. The van der Waals surface area contributed by atoms with Gasteiger partial charge in [0.2, 0.25) is 0 Å². The monoisotopic (exact) mass is 243 g/mol. The summed E-state index contributed by atoms with van der Waals surface area (Å²) < 4.78 is 1.94. The quantitative estimate of drug-likeness (QED) is 0.852. The van der Waals surface area contributed by atoms with Crippen LogP contribution in [0.25, 0.3) is 11.5 Å². The zero-order valence-electron chi connectivity index (χ0n) is 10.5. The SMILES string of the molecule is Cn1cncc1-c1ncc2c(n1)CCC(CN)C2. The maximum absolute atomic E-state index is 5.73. The molecule has 0 spiro atoms. The van der Waals surface area contributed by atoms with E-state index in [1.807, 2.05) is 17.8 Å². The lowest BCUT2D eigenvalue weighted by atomic mass is 9.87. The van der Waals surface area contributed by atoms with Crippen LogP contribution < -0.4 is 5.73 Å². The molecule has 0 saturated carbocycles. The van der Waals surface area contributed by atoms with E-state index >= 15 is 0 Å². The van der Waals surface area contributed by atoms with Gasteiger partial charge in [-0.25, -0.2) is 15.0 Å². The summed E-state index contributed by atoms with van der Waals surface area (Å²) in [5.74, 6) is 1.35. The number of imidazole rings is 1. The average molecular weight is 243 g/mol. The first kappa shape index (κ1) is 11.3. The molecule has 5 nitrogen and oxygen atoms in total. The average Bonchev–Trinajstić information content (AvgIpc) is 2.84. The third kappa shape index (κ3) is 1.90. The van der Waals surface area contributed by atoms with Gasteiger partial charge in [0.05, 0.1) is 12.5 Å². The summed E-state index contributed by atoms with van der Waals surface area (Å²) in [6, 6.07) is 0. The predicted molar refractivity (Wildman–Crippen MR) is 68.8 cm³/mol. The van der Waals surface area contributed by atoms with E-state index in [0.29, 0.717) is 5.92 Å². The van der Waals surface area contributed by atoms with E-state index in [2.05, 4.69) is 15.0 Å². The summed E-state index contributed by atoms with van der Waals surface area (Å²) in [5, 5.41) is 0. The standard InChI is InChI=1S/C13H17N5/c1-18-8-15-7-12(18)13-16-6-10-4-9(5-14)2-3-11(10)17-13/h6-9H,2-5,14H2,1H3. The van der Waals surface area contributed by atoms with Crippen molar-refractivity contribution in [2.45, 2.75) is 19.3 Å². The van der Waals surface area contributed by atoms with Crippen molar-refractivity contribution in [3.05, 3.63) is 30.0 Å². The first-order chi connectivity index (χ1) is 8.78. The summed E-state index contributed by atoms with van der Waals surface area (Å²) in [4.78, 5) is 13.2. The molecule has 1 atom stereocenters. The van der Waals surface area contributed by atoms with Crippen molar-refractivity contribution in [3.63, 3.8) is 0 Å². The van der Waals surface area contributed by atoms with Gasteiger partial charge < -0.3 is 10.3 Å². The van der Waals surface area contributed by atoms with Crippen molar-refractivity contribution in [3.8, 4) is 11.5 Å². The Bertz CT molecular complexity index is 560.